The van der Waals surface area contributed by atoms with Gasteiger partial charge in [0.15, 0.2) is 9.84 Å². The number of benzene rings is 5. The third-order valence-electron chi connectivity index (χ3n) is 9.20. The zero-order valence-electron chi connectivity index (χ0n) is 30.1. The van der Waals surface area contributed by atoms with E-state index in [1.54, 1.807) is 6.07 Å². The molecule has 0 radical (unpaired) electrons. The number of halogens is 5. The van der Waals surface area contributed by atoms with E-state index in [2.05, 4.69) is 0 Å². The number of carbonyl (C=O) groups excluding carboxylic acids is 1. The molecule has 0 aliphatic heterocycles. The average Bonchev–Trinajstić information content (AvgIpc) is 3.14. The first-order valence-electron chi connectivity index (χ1n) is 17.4. The summed E-state index contributed by atoms with van der Waals surface area (Å²) in [5, 5.41) is 9.07. The van der Waals surface area contributed by atoms with Crippen molar-refractivity contribution in [2.75, 3.05) is 19.4 Å². The minimum absolute atomic E-state index is 0.00106. The zero-order valence-corrected chi connectivity index (χ0v) is 31.7. The number of phenolic OH excluding ortho intramolecular Hbond substituents is 1. The second kappa shape index (κ2) is 18.1. The Labute approximate surface area is 323 Å². The van der Waals surface area contributed by atoms with E-state index in [0.29, 0.717) is 24.1 Å². The highest BCUT2D eigenvalue weighted by molar-refractivity contribution is 7.90. The molecule has 0 unspecified atom stereocenters. The van der Waals surface area contributed by atoms with Gasteiger partial charge in [0.1, 0.15) is 23.9 Å². The number of phenols is 1. The van der Waals surface area contributed by atoms with E-state index >= 15 is 4.39 Å². The number of esters is 1. The van der Waals surface area contributed by atoms with Gasteiger partial charge in [0.2, 0.25) is 0 Å². The van der Waals surface area contributed by atoms with Crippen LogP contribution < -0.4 is 4.74 Å². The Kier molecular flexibility index (Phi) is 13.6. The van der Waals surface area contributed by atoms with E-state index in [1.807, 2.05) is 72.5 Å². The lowest BCUT2D eigenvalue weighted by Gasteiger charge is -2.34. The number of hydrogen-bond acceptors (Lipinski definition) is 7. The zero-order chi connectivity index (χ0) is 39.8. The highest BCUT2D eigenvalue weighted by atomic mass is 35.5. The van der Waals surface area contributed by atoms with E-state index in [1.165, 1.54) is 36.4 Å². The monoisotopic (exact) mass is 797 g/mol. The molecule has 5 rings (SSSR count). The lowest BCUT2D eigenvalue weighted by Crippen LogP contribution is -2.37. The maximum atomic E-state index is 15.5. The second-order valence-corrected chi connectivity index (χ2v) is 15.6. The summed E-state index contributed by atoms with van der Waals surface area (Å²) in [6, 6.07) is 31.1. The van der Waals surface area contributed by atoms with Crippen LogP contribution in [0.1, 0.15) is 52.6 Å². The van der Waals surface area contributed by atoms with Crippen LogP contribution in [0, 0.1) is 5.82 Å². The SMILES string of the molecule is C[C@H](CCOc1cc(F)c(COC(=O)Cc2ccc(O)cc2)c(S(C)(=O)=O)c1)N(Cc1cccc(C(F)(F)F)c1Cl)CC(c1ccccc1)c1ccccc1. The van der Waals surface area contributed by atoms with Crippen LogP contribution in [0.3, 0.4) is 0 Å². The Morgan fingerprint density at radius 1 is 0.891 bits per heavy atom. The number of aromatic hydroxyl groups is 1. The van der Waals surface area contributed by atoms with Gasteiger partial charge >= 0.3 is 12.1 Å². The molecule has 0 amide bonds. The molecule has 1 N–H and O–H groups in total. The fourth-order valence-electron chi connectivity index (χ4n) is 6.20. The number of hydrogen-bond donors (Lipinski definition) is 1. The van der Waals surface area contributed by atoms with Crippen LogP contribution in [0.2, 0.25) is 5.02 Å². The molecular weight excluding hydrogens is 758 g/mol. The normalized spacial score (nSPS) is 12.5. The average molecular weight is 798 g/mol. The molecule has 0 spiro atoms. The Bertz CT molecular complexity index is 2130. The predicted octanol–water partition coefficient (Wildman–Crippen LogP) is 9.38. The van der Waals surface area contributed by atoms with Crippen molar-refractivity contribution in [1.29, 1.82) is 0 Å². The Balaban J connectivity index is 1.35. The molecule has 0 aromatic heterocycles. The van der Waals surface area contributed by atoms with Gasteiger partial charge in [-0.05, 0) is 59.9 Å². The van der Waals surface area contributed by atoms with E-state index in [4.69, 9.17) is 21.1 Å². The molecule has 55 heavy (non-hydrogen) atoms. The molecule has 290 valence electrons. The summed E-state index contributed by atoms with van der Waals surface area (Å²) < 4.78 is 93.5. The van der Waals surface area contributed by atoms with Gasteiger partial charge < -0.3 is 14.6 Å². The molecule has 0 bridgehead atoms. The van der Waals surface area contributed by atoms with Gasteiger partial charge in [-0.25, -0.2) is 12.8 Å². The molecule has 7 nitrogen and oxygen atoms in total. The van der Waals surface area contributed by atoms with Crippen LogP contribution in [0.5, 0.6) is 11.5 Å². The largest absolute Gasteiger partial charge is 0.508 e. The summed E-state index contributed by atoms with van der Waals surface area (Å²) >= 11 is 6.37. The van der Waals surface area contributed by atoms with Crippen molar-refractivity contribution in [3.8, 4) is 11.5 Å². The van der Waals surface area contributed by atoms with Gasteiger partial charge in [0.05, 0.1) is 28.5 Å². The fourth-order valence-corrected chi connectivity index (χ4v) is 7.43. The number of carbonyl (C=O) groups is 1. The molecule has 0 fully saturated rings. The van der Waals surface area contributed by atoms with Crippen molar-refractivity contribution >= 4 is 27.4 Å². The van der Waals surface area contributed by atoms with E-state index in [9.17, 15) is 31.5 Å². The minimum atomic E-state index is -4.64. The van der Waals surface area contributed by atoms with Crippen LogP contribution in [0.4, 0.5) is 17.6 Å². The van der Waals surface area contributed by atoms with Gasteiger partial charge in [-0.1, -0.05) is 96.5 Å². The summed E-state index contributed by atoms with van der Waals surface area (Å²) in [4.78, 5) is 14.1. The molecule has 0 aliphatic rings. The van der Waals surface area contributed by atoms with Crippen LogP contribution in [0.15, 0.2) is 120 Å². The maximum absolute atomic E-state index is 15.5. The van der Waals surface area contributed by atoms with Crippen molar-refractivity contribution < 1.29 is 45.4 Å². The van der Waals surface area contributed by atoms with E-state index in [-0.39, 0.29) is 53.6 Å². The molecule has 0 saturated carbocycles. The number of sulfone groups is 1. The third kappa shape index (κ3) is 11.3. The molecule has 5 aromatic rings. The standard InChI is InChI=1S/C42H40ClF4NO6S/c1-28(20-21-53-34-23-38(44)36(39(24-34)55(2,51)52)27-54-40(50)22-29-16-18-33(49)19-17-29)48(25-32-14-9-15-37(41(32)43)42(45,46)47)26-35(30-10-5-3-6-11-30)31-12-7-4-8-13-31/h3-19,23-24,28,35,49H,20-22,25-27H2,1-2H3/t28-/m1/s1. The van der Waals surface area contributed by atoms with Gasteiger partial charge in [0.25, 0.3) is 0 Å². The van der Waals surface area contributed by atoms with Gasteiger partial charge in [-0.3, -0.25) is 9.69 Å². The van der Waals surface area contributed by atoms with Crippen molar-refractivity contribution in [3.05, 3.63) is 159 Å². The summed E-state index contributed by atoms with van der Waals surface area (Å²) in [7, 11) is -4.00. The number of rotatable bonds is 16. The second-order valence-electron chi connectivity index (χ2n) is 13.2. The van der Waals surface area contributed by atoms with E-state index in [0.717, 1.165) is 29.5 Å². The molecule has 0 heterocycles. The summed E-state index contributed by atoms with van der Waals surface area (Å²) in [5.74, 6) is -1.88. The highest BCUT2D eigenvalue weighted by Crippen LogP contribution is 2.37. The summed E-state index contributed by atoms with van der Waals surface area (Å²) in [6.07, 6.45) is -3.59. The molecule has 1 atom stereocenters. The molecule has 13 heteroatoms. The number of alkyl halides is 3. The predicted molar refractivity (Wildman–Crippen MR) is 202 cm³/mol. The number of nitrogens with zero attached hydrogens (tertiary/aromatic N) is 1. The van der Waals surface area contributed by atoms with Gasteiger partial charge in [-0.15, -0.1) is 0 Å². The molecule has 5 aromatic carbocycles. The highest BCUT2D eigenvalue weighted by Gasteiger charge is 2.34. The van der Waals surface area contributed by atoms with Crippen molar-refractivity contribution in [2.45, 2.75) is 55.9 Å². The topological polar surface area (TPSA) is 93.1 Å². The first-order chi connectivity index (χ1) is 26.1. The fraction of sp³-hybridized carbons (Fsp3) is 0.262. The third-order valence-corrected chi connectivity index (χ3v) is 10.8. The first kappa shape index (κ1) is 41.3. The van der Waals surface area contributed by atoms with Gasteiger partial charge in [-0.2, -0.15) is 13.2 Å². The Hall–Kier alpha value is -4.91. The lowest BCUT2D eigenvalue weighted by molar-refractivity contribution is -0.144. The Morgan fingerprint density at radius 2 is 1.51 bits per heavy atom. The first-order valence-corrected chi connectivity index (χ1v) is 19.6. The Morgan fingerprint density at radius 3 is 2.09 bits per heavy atom. The summed E-state index contributed by atoms with van der Waals surface area (Å²) in [6.45, 7) is 1.73. The molecule has 0 saturated heterocycles. The lowest BCUT2D eigenvalue weighted by atomic mass is 9.90. The smallest absolute Gasteiger partial charge is 0.417 e. The quantitative estimate of drug-likeness (QED) is 0.0786. The van der Waals surface area contributed by atoms with Crippen molar-refractivity contribution in [1.82, 2.24) is 4.90 Å². The molecular formula is C42H40ClF4NO6S. The van der Waals surface area contributed by atoms with E-state index < -0.39 is 44.9 Å². The maximum Gasteiger partial charge on any atom is 0.417 e. The molecule has 0 aliphatic carbocycles. The van der Waals surface area contributed by atoms with Crippen LogP contribution in [0.25, 0.3) is 0 Å². The van der Waals surface area contributed by atoms with Crippen molar-refractivity contribution in [3.63, 3.8) is 0 Å². The van der Waals surface area contributed by atoms with Crippen LogP contribution >= 0.6 is 11.6 Å². The number of ether oxygens (including phenoxy) is 2. The van der Waals surface area contributed by atoms with Crippen LogP contribution in [-0.4, -0.2) is 49.8 Å². The van der Waals surface area contributed by atoms with Crippen LogP contribution in [-0.2, 0) is 45.1 Å². The van der Waals surface area contributed by atoms with Crippen molar-refractivity contribution in [2.24, 2.45) is 0 Å². The summed E-state index contributed by atoms with van der Waals surface area (Å²) in [5.41, 5.74) is 1.59. The minimum Gasteiger partial charge on any atom is -0.508 e. The van der Waals surface area contributed by atoms with Gasteiger partial charge in [0, 0.05) is 42.9 Å².